The predicted molar refractivity (Wildman–Crippen MR) is 75.2 cm³/mol. The minimum absolute atomic E-state index is 0.153. The second-order valence-electron chi connectivity index (χ2n) is 5.27. The first-order valence-electron chi connectivity index (χ1n) is 6.77. The monoisotopic (exact) mass is 262 g/mol. The van der Waals surface area contributed by atoms with E-state index in [-0.39, 0.29) is 17.9 Å². The fraction of sp³-hybridized carbons (Fsp3) is 0.533. The molecule has 0 bridgehead atoms. The topological polar surface area (TPSA) is 55.6 Å². The Labute approximate surface area is 114 Å². The molecule has 0 spiro atoms. The van der Waals surface area contributed by atoms with Gasteiger partial charge in [0.1, 0.15) is 5.75 Å². The number of methoxy groups -OCH3 is 1. The molecule has 2 atom stereocenters. The van der Waals surface area contributed by atoms with Crippen LogP contribution in [0.3, 0.4) is 0 Å². The minimum atomic E-state index is 0.153. The third-order valence-corrected chi connectivity index (χ3v) is 3.74. The summed E-state index contributed by atoms with van der Waals surface area (Å²) in [6, 6.07) is 8.06. The molecule has 104 valence electrons. The number of likely N-dealkylation sites (tertiary alicyclic amines) is 1. The van der Waals surface area contributed by atoms with Crippen LogP contribution in [0.25, 0.3) is 0 Å². The van der Waals surface area contributed by atoms with E-state index in [0.29, 0.717) is 13.0 Å². The lowest BCUT2D eigenvalue weighted by Gasteiger charge is -2.19. The Kier molecular flexibility index (Phi) is 4.43. The van der Waals surface area contributed by atoms with Gasteiger partial charge < -0.3 is 15.4 Å². The zero-order chi connectivity index (χ0) is 13.8. The number of hydrogen-bond donors (Lipinski definition) is 1. The van der Waals surface area contributed by atoms with Gasteiger partial charge in [-0.15, -0.1) is 0 Å². The molecule has 1 fully saturated rings. The van der Waals surface area contributed by atoms with Gasteiger partial charge in [-0.05, 0) is 30.0 Å². The van der Waals surface area contributed by atoms with Gasteiger partial charge in [0.25, 0.3) is 0 Å². The normalized spacial score (nSPS) is 20.4. The fourth-order valence-electron chi connectivity index (χ4n) is 2.46. The lowest BCUT2D eigenvalue weighted by molar-refractivity contribution is -0.130. The zero-order valence-corrected chi connectivity index (χ0v) is 11.6. The molecule has 2 rings (SSSR count). The molecule has 0 saturated carbocycles. The first-order chi connectivity index (χ1) is 9.10. The highest BCUT2D eigenvalue weighted by atomic mass is 16.5. The second-order valence-corrected chi connectivity index (χ2v) is 5.27. The van der Waals surface area contributed by atoms with Crippen LogP contribution in [0.1, 0.15) is 31.2 Å². The Morgan fingerprint density at radius 2 is 2.16 bits per heavy atom. The molecule has 4 nitrogen and oxygen atoms in total. The summed E-state index contributed by atoms with van der Waals surface area (Å²) in [5.74, 6) is 1.26. The molecular weight excluding hydrogens is 240 g/mol. The summed E-state index contributed by atoms with van der Waals surface area (Å²) in [7, 11) is 1.65. The molecule has 1 amide bonds. The van der Waals surface area contributed by atoms with E-state index in [2.05, 4.69) is 6.92 Å². The van der Waals surface area contributed by atoms with Crippen LogP contribution in [0.15, 0.2) is 24.3 Å². The van der Waals surface area contributed by atoms with Crippen LogP contribution in [-0.2, 0) is 4.79 Å². The molecule has 19 heavy (non-hydrogen) atoms. The van der Waals surface area contributed by atoms with Gasteiger partial charge in [0.15, 0.2) is 0 Å². The van der Waals surface area contributed by atoms with Crippen molar-refractivity contribution in [2.75, 3.05) is 20.2 Å². The summed E-state index contributed by atoms with van der Waals surface area (Å²) in [4.78, 5) is 14.0. The molecule has 1 aliphatic rings. The van der Waals surface area contributed by atoms with Gasteiger partial charge in [0.2, 0.25) is 5.91 Å². The van der Waals surface area contributed by atoms with Crippen molar-refractivity contribution in [1.29, 1.82) is 0 Å². The van der Waals surface area contributed by atoms with Crippen LogP contribution >= 0.6 is 0 Å². The predicted octanol–water partition coefficient (Wildman–Crippen LogP) is 1.75. The van der Waals surface area contributed by atoms with Gasteiger partial charge in [0.05, 0.1) is 7.11 Å². The highest BCUT2D eigenvalue weighted by Gasteiger charge is 2.24. The Hall–Kier alpha value is -1.55. The van der Waals surface area contributed by atoms with Gasteiger partial charge >= 0.3 is 0 Å². The maximum absolute atomic E-state index is 12.1. The van der Waals surface area contributed by atoms with Crippen molar-refractivity contribution in [1.82, 2.24) is 4.90 Å². The fourth-order valence-corrected chi connectivity index (χ4v) is 2.46. The Balaban J connectivity index is 1.92. The Bertz CT molecular complexity index is 430. The van der Waals surface area contributed by atoms with E-state index in [9.17, 15) is 4.79 Å². The number of nitrogens with zero attached hydrogens (tertiary/aromatic N) is 1. The van der Waals surface area contributed by atoms with Gasteiger partial charge in [-0.3, -0.25) is 4.79 Å². The first-order valence-corrected chi connectivity index (χ1v) is 6.77. The summed E-state index contributed by atoms with van der Waals surface area (Å²) < 4.78 is 5.13. The van der Waals surface area contributed by atoms with E-state index in [4.69, 9.17) is 10.5 Å². The van der Waals surface area contributed by atoms with Crippen LogP contribution in [0, 0.1) is 0 Å². The van der Waals surface area contributed by atoms with E-state index in [1.807, 2.05) is 29.2 Å². The van der Waals surface area contributed by atoms with E-state index in [0.717, 1.165) is 24.3 Å². The molecule has 0 radical (unpaired) electrons. The molecule has 1 saturated heterocycles. The number of ether oxygens (including phenoxy) is 1. The van der Waals surface area contributed by atoms with Gasteiger partial charge in [-0.2, -0.15) is 0 Å². The quantitative estimate of drug-likeness (QED) is 0.899. The lowest BCUT2D eigenvalue weighted by atomic mass is 9.97. The summed E-state index contributed by atoms with van der Waals surface area (Å²) >= 11 is 0. The maximum Gasteiger partial charge on any atom is 0.223 e. The van der Waals surface area contributed by atoms with Crippen LogP contribution in [0.5, 0.6) is 5.75 Å². The number of amides is 1. The number of rotatable bonds is 4. The third-order valence-electron chi connectivity index (χ3n) is 3.74. The van der Waals surface area contributed by atoms with Gasteiger partial charge in [0, 0.05) is 25.6 Å². The summed E-state index contributed by atoms with van der Waals surface area (Å²) in [6.07, 6.45) is 1.46. The number of nitrogens with two attached hydrogens (primary N) is 1. The Morgan fingerprint density at radius 1 is 1.47 bits per heavy atom. The summed E-state index contributed by atoms with van der Waals surface area (Å²) in [5, 5.41) is 0. The molecule has 1 aliphatic heterocycles. The summed E-state index contributed by atoms with van der Waals surface area (Å²) in [6.45, 7) is 3.58. The van der Waals surface area contributed by atoms with E-state index in [1.165, 1.54) is 0 Å². The average Bonchev–Trinajstić information content (AvgIpc) is 2.85. The van der Waals surface area contributed by atoms with Crippen LogP contribution < -0.4 is 10.5 Å². The third kappa shape index (κ3) is 3.47. The molecule has 1 heterocycles. The van der Waals surface area contributed by atoms with Crippen LogP contribution in [0.2, 0.25) is 0 Å². The van der Waals surface area contributed by atoms with Crippen molar-refractivity contribution >= 4 is 5.91 Å². The van der Waals surface area contributed by atoms with E-state index >= 15 is 0 Å². The molecular formula is C15H22N2O2. The molecule has 2 unspecified atom stereocenters. The van der Waals surface area contributed by atoms with E-state index in [1.54, 1.807) is 7.11 Å². The largest absolute Gasteiger partial charge is 0.497 e. The average molecular weight is 262 g/mol. The number of hydrogen-bond acceptors (Lipinski definition) is 3. The number of carbonyl (C=O) groups is 1. The molecule has 0 aliphatic carbocycles. The van der Waals surface area contributed by atoms with Crippen molar-refractivity contribution in [2.24, 2.45) is 5.73 Å². The van der Waals surface area contributed by atoms with Crippen LogP contribution in [0.4, 0.5) is 0 Å². The molecule has 1 aromatic carbocycles. The summed E-state index contributed by atoms with van der Waals surface area (Å²) in [5.41, 5.74) is 6.99. The van der Waals surface area contributed by atoms with Crippen molar-refractivity contribution in [3.63, 3.8) is 0 Å². The van der Waals surface area contributed by atoms with Crippen molar-refractivity contribution in [3.8, 4) is 5.75 Å². The van der Waals surface area contributed by atoms with Gasteiger partial charge in [-0.1, -0.05) is 19.1 Å². The van der Waals surface area contributed by atoms with Crippen molar-refractivity contribution in [2.45, 2.75) is 31.7 Å². The molecule has 0 aromatic heterocycles. The number of benzene rings is 1. The minimum Gasteiger partial charge on any atom is -0.497 e. The Morgan fingerprint density at radius 3 is 2.68 bits per heavy atom. The van der Waals surface area contributed by atoms with Crippen LogP contribution in [-0.4, -0.2) is 37.0 Å². The van der Waals surface area contributed by atoms with E-state index < -0.39 is 0 Å². The van der Waals surface area contributed by atoms with Gasteiger partial charge in [-0.25, -0.2) is 0 Å². The highest BCUT2D eigenvalue weighted by Crippen LogP contribution is 2.23. The smallest absolute Gasteiger partial charge is 0.223 e. The van der Waals surface area contributed by atoms with Crippen molar-refractivity contribution < 1.29 is 9.53 Å². The van der Waals surface area contributed by atoms with Crippen molar-refractivity contribution in [3.05, 3.63) is 29.8 Å². The SMILES string of the molecule is COc1ccc(C(C)CC(=O)N2CCC(N)C2)cc1. The number of carbonyl (C=O) groups excluding carboxylic acids is 1. The zero-order valence-electron chi connectivity index (χ0n) is 11.6. The highest BCUT2D eigenvalue weighted by molar-refractivity contribution is 5.77. The first kappa shape index (κ1) is 13.9. The second kappa shape index (κ2) is 6.06. The standard InChI is InChI=1S/C15H22N2O2/c1-11(12-3-5-14(19-2)6-4-12)9-15(18)17-8-7-13(16)10-17/h3-6,11,13H,7-10,16H2,1-2H3. The lowest BCUT2D eigenvalue weighted by Crippen LogP contribution is -2.32. The maximum atomic E-state index is 12.1. The molecule has 1 aromatic rings. The molecule has 2 N–H and O–H groups in total. The molecule has 4 heteroatoms.